The number of nitrogens with two attached hydrogens (primary N) is 1. The molecule has 2 aromatic rings. The molecule has 6 heteroatoms. The first kappa shape index (κ1) is 14.0. The minimum Gasteiger partial charge on any atom is -0.487 e. The highest BCUT2D eigenvalue weighted by atomic mass is 79.9. The molecule has 1 heterocycles. The molecular weight excluding hydrogens is 328 g/mol. The van der Waals surface area contributed by atoms with E-state index in [1.54, 1.807) is 6.07 Å². The van der Waals surface area contributed by atoms with Gasteiger partial charge < -0.3 is 4.74 Å². The normalized spacial score (nSPS) is 10.3. The number of amides is 1. The average molecular weight is 341 g/mol. The fraction of sp³-hybridized carbons (Fsp3) is 0.154. The summed E-state index contributed by atoms with van der Waals surface area (Å²) in [5.41, 5.74) is 3.27. The number of thiophene rings is 1. The van der Waals surface area contributed by atoms with Crippen molar-refractivity contribution >= 4 is 33.2 Å². The molecule has 0 saturated heterocycles. The molecule has 0 aliphatic heterocycles. The van der Waals surface area contributed by atoms with Crippen molar-refractivity contribution < 1.29 is 9.53 Å². The predicted molar refractivity (Wildman–Crippen MR) is 79.2 cm³/mol. The van der Waals surface area contributed by atoms with Crippen LogP contribution in [0.25, 0.3) is 0 Å². The van der Waals surface area contributed by atoms with Gasteiger partial charge >= 0.3 is 0 Å². The largest absolute Gasteiger partial charge is 0.487 e. The standard InChI is InChI=1S/C13H13BrN2O2S/c1-8-2-4-11(10(14)6-8)18-7-9-3-5-12(19-9)13(17)16-15/h2-6H,7,15H2,1H3,(H,16,17). The predicted octanol–water partition coefficient (Wildman–Crippen LogP) is 3.00. The maximum atomic E-state index is 11.3. The third-order valence-corrected chi connectivity index (χ3v) is 4.15. The SMILES string of the molecule is Cc1ccc(OCc2ccc(C(=O)NN)s2)c(Br)c1. The van der Waals surface area contributed by atoms with Crippen LogP contribution in [0, 0.1) is 6.92 Å². The van der Waals surface area contributed by atoms with Gasteiger partial charge in [0.15, 0.2) is 0 Å². The van der Waals surface area contributed by atoms with Crippen molar-refractivity contribution in [3.05, 3.63) is 50.1 Å². The first-order valence-corrected chi connectivity index (χ1v) is 7.19. The summed E-state index contributed by atoms with van der Waals surface area (Å²) in [7, 11) is 0. The molecule has 0 fully saturated rings. The van der Waals surface area contributed by atoms with Gasteiger partial charge in [0.05, 0.1) is 9.35 Å². The highest BCUT2D eigenvalue weighted by Gasteiger charge is 2.08. The fourth-order valence-electron chi connectivity index (χ4n) is 1.52. The monoisotopic (exact) mass is 340 g/mol. The lowest BCUT2D eigenvalue weighted by Gasteiger charge is -2.07. The summed E-state index contributed by atoms with van der Waals surface area (Å²) in [5.74, 6) is 5.58. The topological polar surface area (TPSA) is 64.3 Å². The lowest BCUT2D eigenvalue weighted by molar-refractivity contribution is 0.0957. The summed E-state index contributed by atoms with van der Waals surface area (Å²) in [5, 5.41) is 0. The summed E-state index contributed by atoms with van der Waals surface area (Å²) in [6, 6.07) is 9.49. The van der Waals surface area contributed by atoms with E-state index in [9.17, 15) is 4.79 Å². The maximum Gasteiger partial charge on any atom is 0.275 e. The zero-order chi connectivity index (χ0) is 13.8. The van der Waals surface area contributed by atoms with E-state index in [0.717, 1.165) is 20.7 Å². The molecule has 4 nitrogen and oxygen atoms in total. The van der Waals surface area contributed by atoms with Crippen molar-refractivity contribution in [3.63, 3.8) is 0 Å². The number of hydrazine groups is 1. The fourth-order valence-corrected chi connectivity index (χ4v) is 2.95. The molecule has 0 bridgehead atoms. The van der Waals surface area contributed by atoms with E-state index >= 15 is 0 Å². The molecule has 0 aliphatic carbocycles. The number of carbonyl (C=O) groups excluding carboxylic acids is 1. The molecule has 100 valence electrons. The molecular formula is C13H13BrN2O2S. The zero-order valence-corrected chi connectivity index (χ0v) is 12.7. The summed E-state index contributed by atoms with van der Waals surface area (Å²) in [4.78, 5) is 12.9. The molecule has 0 saturated carbocycles. The van der Waals surface area contributed by atoms with E-state index in [0.29, 0.717) is 11.5 Å². The van der Waals surface area contributed by atoms with Gasteiger partial charge in [-0.05, 0) is 52.7 Å². The quantitative estimate of drug-likeness (QED) is 0.510. The van der Waals surface area contributed by atoms with Gasteiger partial charge in [0.1, 0.15) is 12.4 Å². The molecule has 3 N–H and O–H groups in total. The lowest BCUT2D eigenvalue weighted by Crippen LogP contribution is -2.29. The van der Waals surface area contributed by atoms with Crippen LogP contribution in [0.2, 0.25) is 0 Å². The molecule has 19 heavy (non-hydrogen) atoms. The Morgan fingerprint density at radius 3 is 2.89 bits per heavy atom. The van der Waals surface area contributed by atoms with Crippen LogP contribution in [0.4, 0.5) is 0 Å². The Kier molecular flexibility index (Phi) is 4.57. The second kappa shape index (κ2) is 6.18. The highest BCUT2D eigenvalue weighted by Crippen LogP contribution is 2.27. The molecule has 0 aliphatic rings. The molecule has 0 radical (unpaired) electrons. The Morgan fingerprint density at radius 1 is 1.42 bits per heavy atom. The minimum absolute atomic E-state index is 0.284. The summed E-state index contributed by atoms with van der Waals surface area (Å²) < 4.78 is 6.63. The number of rotatable bonds is 4. The number of benzene rings is 1. The van der Waals surface area contributed by atoms with Crippen LogP contribution >= 0.6 is 27.3 Å². The van der Waals surface area contributed by atoms with Crippen LogP contribution in [0.5, 0.6) is 5.75 Å². The zero-order valence-electron chi connectivity index (χ0n) is 10.3. The van der Waals surface area contributed by atoms with Gasteiger partial charge in [-0.25, -0.2) is 5.84 Å². The molecule has 0 spiro atoms. The second-order valence-electron chi connectivity index (χ2n) is 3.96. The van der Waals surface area contributed by atoms with Crippen molar-refractivity contribution in [3.8, 4) is 5.75 Å². The Balaban J connectivity index is 2.02. The molecule has 0 unspecified atom stereocenters. The number of halogens is 1. The number of carbonyl (C=O) groups is 1. The second-order valence-corrected chi connectivity index (χ2v) is 5.98. The minimum atomic E-state index is -0.284. The Morgan fingerprint density at radius 2 is 2.21 bits per heavy atom. The molecule has 2 rings (SSSR count). The number of hydrogen-bond donors (Lipinski definition) is 2. The summed E-state index contributed by atoms with van der Waals surface area (Å²) >= 11 is 4.82. The van der Waals surface area contributed by atoms with Gasteiger partial charge in [-0.1, -0.05) is 6.07 Å². The van der Waals surface area contributed by atoms with Crippen LogP contribution in [0.15, 0.2) is 34.8 Å². The maximum absolute atomic E-state index is 11.3. The smallest absolute Gasteiger partial charge is 0.275 e. The number of ether oxygens (including phenoxy) is 1. The van der Waals surface area contributed by atoms with E-state index in [-0.39, 0.29) is 5.91 Å². The van der Waals surface area contributed by atoms with Gasteiger partial charge in [0.2, 0.25) is 0 Å². The van der Waals surface area contributed by atoms with Gasteiger partial charge in [-0.15, -0.1) is 11.3 Å². The molecule has 1 amide bonds. The summed E-state index contributed by atoms with van der Waals surface area (Å²) in [6.45, 7) is 2.44. The van der Waals surface area contributed by atoms with Crippen molar-refractivity contribution in [2.75, 3.05) is 0 Å². The third-order valence-electron chi connectivity index (χ3n) is 2.47. The Labute approximate surface area is 123 Å². The number of nitrogen functional groups attached to an aromatic ring is 1. The number of aryl methyl sites for hydroxylation is 1. The lowest BCUT2D eigenvalue weighted by atomic mass is 10.2. The number of hydrogen-bond acceptors (Lipinski definition) is 4. The van der Waals surface area contributed by atoms with E-state index in [4.69, 9.17) is 10.6 Å². The molecule has 1 aromatic carbocycles. The third kappa shape index (κ3) is 3.56. The van der Waals surface area contributed by atoms with Gasteiger partial charge in [-0.2, -0.15) is 0 Å². The van der Waals surface area contributed by atoms with Crippen LogP contribution in [-0.4, -0.2) is 5.91 Å². The summed E-state index contributed by atoms with van der Waals surface area (Å²) in [6.07, 6.45) is 0. The van der Waals surface area contributed by atoms with E-state index in [1.807, 2.05) is 31.2 Å². The van der Waals surface area contributed by atoms with E-state index in [1.165, 1.54) is 11.3 Å². The number of nitrogens with one attached hydrogen (secondary N) is 1. The van der Waals surface area contributed by atoms with Crippen molar-refractivity contribution in [2.24, 2.45) is 5.84 Å². The molecule has 1 aromatic heterocycles. The Hall–Kier alpha value is -1.37. The van der Waals surface area contributed by atoms with Crippen molar-refractivity contribution in [2.45, 2.75) is 13.5 Å². The van der Waals surface area contributed by atoms with Crippen LogP contribution in [0.1, 0.15) is 20.1 Å². The molecule has 0 atom stereocenters. The van der Waals surface area contributed by atoms with Crippen LogP contribution < -0.4 is 16.0 Å². The Bertz CT molecular complexity index is 598. The van der Waals surface area contributed by atoms with Crippen molar-refractivity contribution in [1.29, 1.82) is 0 Å². The van der Waals surface area contributed by atoms with Crippen molar-refractivity contribution in [1.82, 2.24) is 5.43 Å². The van der Waals surface area contributed by atoms with Gasteiger partial charge in [-0.3, -0.25) is 10.2 Å². The van der Waals surface area contributed by atoms with E-state index in [2.05, 4.69) is 21.4 Å². The van der Waals surface area contributed by atoms with Gasteiger partial charge in [0, 0.05) is 4.88 Å². The highest BCUT2D eigenvalue weighted by molar-refractivity contribution is 9.10. The van der Waals surface area contributed by atoms with E-state index < -0.39 is 0 Å². The van der Waals surface area contributed by atoms with Gasteiger partial charge in [0.25, 0.3) is 5.91 Å². The average Bonchev–Trinajstić information content (AvgIpc) is 2.85. The van der Waals surface area contributed by atoms with Crippen LogP contribution in [0.3, 0.4) is 0 Å². The van der Waals surface area contributed by atoms with Crippen LogP contribution in [-0.2, 0) is 6.61 Å². The first-order valence-electron chi connectivity index (χ1n) is 5.59. The first-order chi connectivity index (χ1) is 9.10.